The van der Waals surface area contributed by atoms with E-state index < -0.39 is 17.3 Å². The SMILES string of the molecule is COCCOCC(CC1(C(=O)N[C@H]2CC[C@@H](C(=O)O)CC2)CCCC1)C(=O)OCc1ccccc1. The normalized spacial score (nSPS) is 22.3. The maximum atomic E-state index is 13.5. The number of nitrogens with one attached hydrogen (secondary N) is 1. The summed E-state index contributed by atoms with van der Waals surface area (Å²) in [4.78, 5) is 37.9. The van der Waals surface area contributed by atoms with Gasteiger partial charge in [0.25, 0.3) is 0 Å². The lowest BCUT2D eigenvalue weighted by Gasteiger charge is -2.34. The molecule has 35 heavy (non-hydrogen) atoms. The average Bonchev–Trinajstić information content (AvgIpc) is 3.35. The number of benzene rings is 1. The first-order chi connectivity index (χ1) is 16.9. The first-order valence-corrected chi connectivity index (χ1v) is 12.7. The molecule has 2 saturated carbocycles. The van der Waals surface area contributed by atoms with Crippen molar-refractivity contribution >= 4 is 17.8 Å². The predicted molar refractivity (Wildman–Crippen MR) is 129 cm³/mol. The van der Waals surface area contributed by atoms with Crippen molar-refractivity contribution < 1.29 is 33.7 Å². The number of ether oxygens (including phenoxy) is 3. The molecule has 0 radical (unpaired) electrons. The van der Waals surface area contributed by atoms with Crippen LogP contribution in [0.5, 0.6) is 0 Å². The number of aliphatic carboxylic acids is 1. The number of carboxylic acids is 1. The van der Waals surface area contributed by atoms with E-state index in [4.69, 9.17) is 14.2 Å². The first-order valence-electron chi connectivity index (χ1n) is 12.7. The van der Waals surface area contributed by atoms with Crippen LogP contribution in [0, 0.1) is 17.3 Å². The highest BCUT2D eigenvalue weighted by molar-refractivity contribution is 5.84. The van der Waals surface area contributed by atoms with Crippen LogP contribution in [0.4, 0.5) is 0 Å². The molecule has 0 aliphatic heterocycles. The van der Waals surface area contributed by atoms with Crippen molar-refractivity contribution in [2.24, 2.45) is 17.3 Å². The second-order valence-corrected chi connectivity index (χ2v) is 9.91. The molecule has 8 nitrogen and oxygen atoms in total. The average molecular weight is 490 g/mol. The number of carboxylic acid groups (broad SMARTS) is 1. The molecule has 2 fully saturated rings. The number of carbonyl (C=O) groups excluding carboxylic acids is 2. The Bertz CT molecular complexity index is 814. The maximum absolute atomic E-state index is 13.5. The Kier molecular flexibility index (Phi) is 10.5. The number of esters is 1. The minimum atomic E-state index is -0.757. The molecule has 0 heterocycles. The Morgan fingerprint density at radius 3 is 2.37 bits per heavy atom. The van der Waals surface area contributed by atoms with Gasteiger partial charge in [0.05, 0.1) is 37.1 Å². The molecule has 2 N–H and O–H groups in total. The first kappa shape index (κ1) is 27.1. The Hall–Kier alpha value is -2.45. The van der Waals surface area contributed by atoms with Crippen LogP contribution in [-0.2, 0) is 35.2 Å². The van der Waals surface area contributed by atoms with Crippen molar-refractivity contribution in [1.82, 2.24) is 5.32 Å². The van der Waals surface area contributed by atoms with E-state index >= 15 is 0 Å². The number of amides is 1. The number of hydrogen-bond acceptors (Lipinski definition) is 6. The summed E-state index contributed by atoms with van der Waals surface area (Å²) in [6.45, 7) is 1.15. The number of carbonyl (C=O) groups is 3. The Labute approximate surface area is 207 Å². The number of methoxy groups -OCH3 is 1. The summed E-state index contributed by atoms with van der Waals surface area (Å²) in [5.41, 5.74) is 0.273. The van der Waals surface area contributed by atoms with Gasteiger partial charge in [0.2, 0.25) is 5.91 Å². The Morgan fingerprint density at radius 2 is 1.74 bits per heavy atom. The summed E-state index contributed by atoms with van der Waals surface area (Å²) in [6.07, 6.45) is 6.20. The van der Waals surface area contributed by atoms with E-state index in [1.54, 1.807) is 7.11 Å². The summed E-state index contributed by atoms with van der Waals surface area (Å²) in [5.74, 6) is -2.01. The molecule has 2 aliphatic rings. The second kappa shape index (κ2) is 13.6. The molecule has 1 aromatic carbocycles. The maximum Gasteiger partial charge on any atom is 0.311 e. The summed E-state index contributed by atoms with van der Waals surface area (Å²) in [7, 11) is 1.59. The summed E-state index contributed by atoms with van der Waals surface area (Å²) in [6, 6.07) is 9.50. The zero-order chi connectivity index (χ0) is 25.1. The minimum absolute atomic E-state index is 0.0167. The van der Waals surface area contributed by atoms with Gasteiger partial charge >= 0.3 is 11.9 Å². The van der Waals surface area contributed by atoms with E-state index in [2.05, 4.69) is 5.32 Å². The third-order valence-electron chi connectivity index (χ3n) is 7.40. The molecule has 1 aromatic rings. The van der Waals surface area contributed by atoms with Crippen molar-refractivity contribution in [1.29, 1.82) is 0 Å². The van der Waals surface area contributed by atoms with Gasteiger partial charge in [0.15, 0.2) is 0 Å². The molecule has 1 unspecified atom stereocenters. The van der Waals surface area contributed by atoms with Gasteiger partial charge in [0, 0.05) is 13.2 Å². The van der Waals surface area contributed by atoms with Gasteiger partial charge in [0.1, 0.15) is 6.61 Å². The summed E-state index contributed by atoms with van der Waals surface area (Å²) >= 11 is 0. The van der Waals surface area contributed by atoms with Gasteiger partial charge in [-0.25, -0.2) is 0 Å². The molecule has 3 rings (SSSR count). The lowest BCUT2D eigenvalue weighted by atomic mass is 9.76. The van der Waals surface area contributed by atoms with E-state index in [-0.39, 0.29) is 37.0 Å². The molecule has 0 bridgehead atoms. The molecule has 2 aliphatic carbocycles. The van der Waals surface area contributed by atoms with Gasteiger partial charge in [-0.05, 0) is 50.5 Å². The molecular weight excluding hydrogens is 450 g/mol. The molecule has 1 atom stereocenters. The molecule has 0 spiro atoms. The molecular formula is C27H39NO7. The summed E-state index contributed by atoms with van der Waals surface area (Å²) in [5, 5.41) is 12.4. The van der Waals surface area contributed by atoms with Crippen LogP contribution in [0.25, 0.3) is 0 Å². The second-order valence-electron chi connectivity index (χ2n) is 9.91. The summed E-state index contributed by atoms with van der Waals surface area (Å²) < 4.78 is 16.4. The quantitative estimate of drug-likeness (QED) is 0.321. The van der Waals surface area contributed by atoms with E-state index in [9.17, 15) is 19.5 Å². The van der Waals surface area contributed by atoms with Crippen LogP contribution in [0.3, 0.4) is 0 Å². The molecule has 1 amide bonds. The third-order valence-corrected chi connectivity index (χ3v) is 7.40. The highest BCUT2D eigenvalue weighted by atomic mass is 16.5. The van der Waals surface area contributed by atoms with Gasteiger partial charge in [-0.15, -0.1) is 0 Å². The molecule has 0 saturated heterocycles. The van der Waals surface area contributed by atoms with Crippen LogP contribution in [-0.4, -0.2) is 55.9 Å². The fourth-order valence-corrected chi connectivity index (χ4v) is 5.30. The van der Waals surface area contributed by atoms with Crippen molar-refractivity contribution in [3.05, 3.63) is 35.9 Å². The smallest absolute Gasteiger partial charge is 0.311 e. The van der Waals surface area contributed by atoms with Crippen LogP contribution >= 0.6 is 0 Å². The fourth-order valence-electron chi connectivity index (χ4n) is 5.30. The highest BCUT2D eigenvalue weighted by Crippen LogP contribution is 2.44. The monoisotopic (exact) mass is 489 g/mol. The lowest BCUT2D eigenvalue weighted by molar-refractivity contribution is -0.154. The predicted octanol–water partition coefficient (Wildman–Crippen LogP) is 3.72. The van der Waals surface area contributed by atoms with E-state index in [1.807, 2.05) is 30.3 Å². The van der Waals surface area contributed by atoms with Crippen molar-refractivity contribution in [2.75, 3.05) is 26.9 Å². The lowest BCUT2D eigenvalue weighted by Crippen LogP contribution is -2.47. The minimum Gasteiger partial charge on any atom is -0.481 e. The third kappa shape index (κ3) is 8.04. The van der Waals surface area contributed by atoms with Crippen LogP contribution < -0.4 is 5.32 Å². The molecule has 8 heteroatoms. The number of hydrogen-bond donors (Lipinski definition) is 2. The van der Waals surface area contributed by atoms with Crippen molar-refractivity contribution in [3.8, 4) is 0 Å². The van der Waals surface area contributed by atoms with Gasteiger partial charge in [-0.1, -0.05) is 43.2 Å². The molecule has 194 valence electrons. The van der Waals surface area contributed by atoms with Gasteiger partial charge in [-0.2, -0.15) is 0 Å². The van der Waals surface area contributed by atoms with Crippen LogP contribution in [0.1, 0.15) is 63.4 Å². The zero-order valence-electron chi connectivity index (χ0n) is 20.7. The zero-order valence-corrected chi connectivity index (χ0v) is 20.7. The fraction of sp³-hybridized carbons (Fsp3) is 0.667. The van der Waals surface area contributed by atoms with Crippen molar-refractivity contribution in [3.63, 3.8) is 0 Å². The number of rotatable bonds is 13. The largest absolute Gasteiger partial charge is 0.481 e. The molecule has 0 aromatic heterocycles. The Morgan fingerprint density at radius 1 is 1.06 bits per heavy atom. The van der Waals surface area contributed by atoms with E-state index in [0.717, 1.165) is 31.2 Å². The van der Waals surface area contributed by atoms with E-state index in [0.29, 0.717) is 45.3 Å². The van der Waals surface area contributed by atoms with Crippen LogP contribution in [0.2, 0.25) is 0 Å². The van der Waals surface area contributed by atoms with Gasteiger partial charge in [-0.3, -0.25) is 14.4 Å². The van der Waals surface area contributed by atoms with Gasteiger partial charge < -0.3 is 24.6 Å². The van der Waals surface area contributed by atoms with E-state index in [1.165, 1.54) is 0 Å². The highest BCUT2D eigenvalue weighted by Gasteiger charge is 2.45. The standard InChI is InChI=1S/C27H39NO7/c1-33-15-16-34-19-22(25(31)35-18-20-7-3-2-4-8-20)17-27(13-5-6-14-27)26(32)28-23-11-9-21(10-12-23)24(29)30/h2-4,7-8,21-23H,5-6,9-19H2,1H3,(H,28,32)(H,29,30)/t21-,22?,23+. The van der Waals surface area contributed by atoms with Crippen molar-refractivity contribution in [2.45, 2.75) is 70.4 Å². The van der Waals surface area contributed by atoms with Crippen LogP contribution in [0.15, 0.2) is 30.3 Å². The Balaban J connectivity index is 1.63. The topological polar surface area (TPSA) is 111 Å².